The number of carboxylic acids is 1. The standard InChI is InChI=1S/C15H17N3O2/c1-9(2)10-4-3-5-11(6-10)18-14-7-12(15(19)20)13(16)8-17-14/h3-9H,16H2,1-2H3,(H,17,18)(H,19,20). The van der Waals surface area contributed by atoms with Gasteiger partial charge in [0.25, 0.3) is 0 Å². The van der Waals surface area contributed by atoms with Crippen LogP contribution in [0.1, 0.15) is 35.7 Å². The number of carbonyl (C=O) groups is 1. The van der Waals surface area contributed by atoms with Gasteiger partial charge in [0, 0.05) is 5.69 Å². The summed E-state index contributed by atoms with van der Waals surface area (Å²) in [6.07, 6.45) is 1.35. The molecule has 0 saturated carbocycles. The summed E-state index contributed by atoms with van der Waals surface area (Å²) in [5.74, 6) is -0.188. The summed E-state index contributed by atoms with van der Waals surface area (Å²) in [7, 11) is 0. The van der Waals surface area contributed by atoms with Crippen molar-refractivity contribution in [1.29, 1.82) is 0 Å². The molecule has 0 fully saturated rings. The van der Waals surface area contributed by atoms with Crippen LogP contribution in [0.5, 0.6) is 0 Å². The van der Waals surface area contributed by atoms with E-state index in [1.165, 1.54) is 17.8 Å². The first-order chi connectivity index (χ1) is 9.47. The van der Waals surface area contributed by atoms with E-state index >= 15 is 0 Å². The molecular formula is C15H17N3O2. The van der Waals surface area contributed by atoms with Gasteiger partial charge in [-0.3, -0.25) is 0 Å². The highest BCUT2D eigenvalue weighted by Crippen LogP contribution is 2.22. The summed E-state index contributed by atoms with van der Waals surface area (Å²) in [6, 6.07) is 9.36. The van der Waals surface area contributed by atoms with Crippen LogP contribution in [-0.4, -0.2) is 16.1 Å². The molecular weight excluding hydrogens is 254 g/mol. The molecule has 4 N–H and O–H groups in total. The van der Waals surface area contributed by atoms with Crippen molar-refractivity contribution in [1.82, 2.24) is 4.98 Å². The topological polar surface area (TPSA) is 88.2 Å². The zero-order chi connectivity index (χ0) is 14.7. The summed E-state index contributed by atoms with van der Waals surface area (Å²) < 4.78 is 0. The van der Waals surface area contributed by atoms with Gasteiger partial charge in [-0.2, -0.15) is 0 Å². The first kappa shape index (κ1) is 13.9. The summed E-state index contributed by atoms with van der Waals surface area (Å²) in [6.45, 7) is 4.23. The predicted molar refractivity (Wildman–Crippen MR) is 79.4 cm³/mol. The minimum atomic E-state index is -1.07. The van der Waals surface area contributed by atoms with Crippen LogP contribution < -0.4 is 11.1 Å². The number of nitrogens with two attached hydrogens (primary N) is 1. The zero-order valence-electron chi connectivity index (χ0n) is 11.4. The van der Waals surface area contributed by atoms with Crippen LogP contribution in [0.3, 0.4) is 0 Å². The number of rotatable bonds is 4. The molecule has 0 atom stereocenters. The molecule has 0 radical (unpaired) electrons. The first-order valence-corrected chi connectivity index (χ1v) is 6.33. The van der Waals surface area contributed by atoms with Crippen molar-refractivity contribution < 1.29 is 9.90 Å². The van der Waals surface area contributed by atoms with Gasteiger partial charge in [-0.05, 0) is 29.7 Å². The Hall–Kier alpha value is -2.56. The lowest BCUT2D eigenvalue weighted by atomic mass is 10.0. The van der Waals surface area contributed by atoms with Crippen molar-refractivity contribution in [2.45, 2.75) is 19.8 Å². The summed E-state index contributed by atoms with van der Waals surface area (Å²) in [4.78, 5) is 15.1. The minimum absolute atomic E-state index is 0.0440. The maximum Gasteiger partial charge on any atom is 0.337 e. The number of benzene rings is 1. The van der Waals surface area contributed by atoms with Crippen molar-refractivity contribution in [3.05, 3.63) is 47.7 Å². The van der Waals surface area contributed by atoms with Crippen molar-refractivity contribution in [2.24, 2.45) is 0 Å². The monoisotopic (exact) mass is 271 g/mol. The van der Waals surface area contributed by atoms with Gasteiger partial charge >= 0.3 is 5.97 Å². The van der Waals surface area contributed by atoms with Crippen molar-refractivity contribution in [3.8, 4) is 0 Å². The third-order valence-corrected chi connectivity index (χ3v) is 2.99. The summed E-state index contributed by atoms with van der Waals surface area (Å²) in [5.41, 5.74) is 7.84. The molecule has 0 aliphatic carbocycles. The third-order valence-electron chi connectivity index (χ3n) is 2.99. The Kier molecular flexibility index (Phi) is 3.89. The lowest BCUT2D eigenvalue weighted by Crippen LogP contribution is -2.05. The molecule has 2 aromatic rings. The Morgan fingerprint density at radius 3 is 2.75 bits per heavy atom. The van der Waals surface area contributed by atoms with Gasteiger partial charge in [0.05, 0.1) is 17.4 Å². The smallest absolute Gasteiger partial charge is 0.337 e. The van der Waals surface area contributed by atoms with Crippen LogP contribution in [-0.2, 0) is 0 Å². The van der Waals surface area contributed by atoms with E-state index in [4.69, 9.17) is 10.8 Å². The maximum atomic E-state index is 11.0. The SMILES string of the molecule is CC(C)c1cccc(Nc2cc(C(=O)O)c(N)cn2)c1. The number of aromatic nitrogens is 1. The lowest BCUT2D eigenvalue weighted by molar-refractivity contribution is 0.0698. The Labute approximate surface area is 117 Å². The normalized spacial score (nSPS) is 10.6. The third kappa shape index (κ3) is 3.06. The van der Waals surface area contributed by atoms with Gasteiger partial charge in [0.1, 0.15) is 5.82 Å². The highest BCUT2D eigenvalue weighted by atomic mass is 16.4. The molecule has 104 valence electrons. The molecule has 0 amide bonds. The molecule has 1 aromatic heterocycles. The van der Waals surface area contributed by atoms with E-state index in [0.29, 0.717) is 11.7 Å². The van der Waals surface area contributed by atoms with E-state index in [-0.39, 0.29) is 11.3 Å². The van der Waals surface area contributed by atoms with Gasteiger partial charge in [-0.15, -0.1) is 0 Å². The van der Waals surface area contributed by atoms with Gasteiger partial charge < -0.3 is 16.2 Å². The van der Waals surface area contributed by atoms with E-state index < -0.39 is 5.97 Å². The second-order valence-electron chi connectivity index (χ2n) is 4.87. The molecule has 0 aliphatic rings. The fraction of sp³-hybridized carbons (Fsp3) is 0.200. The van der Waals surface area contributed by atoms with Crippen LogP contribution in [0.2, 0.25) is 0 Å². The van der Waals surface area contributed by atoms with Gasteiger partial charge in [0.15, 0.2) is 0 Å². The Morgan fingerprint density at radius 2 is 2.10 bits per heavy atom. The average molecular weight is 271 g/mol. The molecule has 5 nitrogen and oxygen atoms in total. The van der Waals surface area contributed by atoms with Crippen LogP contribution in [0.15, 0.2) is 36.5 Å². The van der Waals surface area contributed by atoms with E-state index in [1.807, 2.05) is 18.2 Å². The number of nitrogens with one attached hydrogen (secondary N) is 1. The highest BCUT2D eigenvalue weighted by Gasteiger charge is 2.10. The summed E-state index contributed by atoms with van der Waals surface area (Å²) >= 11 is 0. The highest BCUT2D eigenvalue weighted by molar-refractivity contribution is 5.94. The minimum Gasteiger partial charge on any atom is -0.478 e. The molecule has 5 heteroatoms. The molecule has 20 heavy (non-hydrogen) atoms. The molecule has 0 bridgehead atoms. The fourth-order valence-electron chi connectivity index (χ4n) is 1.84. The second kappa shape index (κ2) is 5.61. The number of carboxylic acid groups (broad SMARTS) is 1. The summed E-state index contributed by atoms with van der Waals surface area (Å²) in [5, 5.41) is 12.1. The molecule has 0 saturated heterocycles. The van der Waals surface area contributed by atoms with E-state index in [0.717, 1.165) is 5.69 Å². The molecule has 0 unspecified atom stereocenters. The van der Waals surface area contributed by atoms with E-state index in [2.05, 4.69) is 30.2 Å². The largest absolute Gasteiger partial charge is 0.478 e. The number of nitrogens with zero attached hydrogens (tertiary/aromatic N) is 1. The average Bonchev–Trinajstić information content (AvgIpc) is 2.41. The first-order valence-electron chi connectivity index (χ1n) is 6.33. The Morgan fingerprint density at radius 1 is 1.35 bits per heavy atom. The number of anilines is 3. The lowest BCUT2D eigenvalue weighted by Gasteiger charge is -2.10. The zero-order valence-corrected chi connectivity index (χ0v) is 11.4. The number of hydrogen-bond donors (Lipinski definition) is 3. The number of pyridine rings is 1. The van der Waals surface area contributed by atoms with Crippen molar-refractivity contribution in [3.63, 3.8) is 0 Å². The molecule has 0 aliphatic heterocycles. The van der Waals surface area contributed by atoms with Crippen LogP contribution in [0, 0.1) is 0 Å². The van der Waals surface area contributed by atoms with Crippen LogP contribution in [0.25, 0.3) is 0 Å². The second-order valence-corrected chi connectivity index (χ2v) is 4.87. The van der Waals surface area contributed by atoms with Gasteiger partial charge in [-0.1, -0.05) is 26.0 Å². The van der Waals surface area contributed by atoms with Gasteiger partial charge in [-0.25, -0.2) is 9.78 Å². The predicted octanol–water partition coefficient (Wildman–Crippen LogP) is 3.23. The number of aromatic carboxylic acids is 1. The molecule has 2 rings (SSSR count). The molecule has 1 aromatic carbocycles. The maximum absolute atomic E-state index is 11.0. The van der Waals surface area contributed by atoms with E-state index in [9.17, 15) is 4.79 Å². The fourth-order valence-corrected chi connectivity index (χ4v) is 1.84. The van der Waals surface area contributed by atoms with Crippen LogP contribution in [0.4, 0.5) is 17.2 Å². The Bertz CT molecular complexity index is 639. The molecule has 0 spiro atoms. The van der Waals surface area contributed by atoms with Crippen molar-refractivity contribution >= 4 is 23.2 Å². The number of nitrogen functional groups attached to an aromatic ring is 1. The quantitative estimate of drug-likeness (QED) is 0.794. The number of hydrogen-bond acceptors (Lipinski definition) is 4. The Balaban J connectivity index is 2.28. The van der Waals surface area contributed by atoms with Crippen LogP contribution >= 0.6 is 0 Å². The van der Waals surface area contributed by atoms with E-state index in [1.54, 1.807) is 0 Å². The van der Waals surface area contributed by atoms with Crippen molar-refractivity contribution in [2.75, 3.05) is 11.1 Å². The molecule has 1 heterocycles. The van der Waals surface area contributed by atoms with Gasteiger partial charge in [0.2, 0.25) is 0 Å².